The lowest BCUT2D eigenvalue weighted by Gasteiger charge is -2.36. The van der Waals surface area contributed by atoms with Crippen molar-refractivity contribution < 1.29 is 9.16 Å². The predicted octanol–water partition coefficient (Wildman–Crippen LogP) is 2.46. The van der Waals surface area contributed by atoms with Crippen LogP contribution in [-0.2, 0) is 4.43 Å². The van der Waals surface area contributed by atoms with Crippen molar-refractivity contribution in [3.63, 3.8) is 0 Å². The maximum atomic E-state index is 5.97. The standard InChI is InChI=1S/C12H23N3O2Si/c1-12(2,3)18(4,5)17-9-8-16-11-14-7-6-10(13)15-11/h6-7H,8-9H2,1-5H3,(H2,13,14,15). The van der Waals surface area contributed by atoms with Crippen LogP contribution >= 0.6 is 0 Å². The van der Waals surface area contributed by atoms with Crippen molar-refractivity contribution in [2.24, 2.45) is 0 Å². The molecule has 0 fully saturated rings. The maximum absolute atomic E-state index is 5.97. The first-order valence-corrected chi connectivity index (χ1v) is 8.98. The smallest absolute Gasteiger partial charge is 0.318 e. The number of aromatic nitrogens is 2. The van der Waals surface area contributed by atoms with Gasteiger partial charge >= 0.3 is 6.01 Å². The number of nitrogens with two attached hydrogens (primary N) is 1. The zero-order valence-corrected chi connectivity index (χ0v) is 12.9. The van der Waals surface area contributed by atoms with Crippen molar-refractivity contribution in [2.45, 2.75) is 38.9 Å². The van der Waals surface area contributed by atoms with Crippen LogP contribution in [0.4, 0.5) is 5.82 Å². The molecule has 0 aromatic carbocycles. The van der Waals surface area contributed by atoms with Gasteiger partial charge < -0.3 is 14.9 Å². The predicted molar refractivity (Wildman–Crippen MR) is 75.1 cm³/mol. The summed E-state index contributed by atoms with van der Waals surface area (Å²) in [6, 6.07) is 1.92. The van der Waals surface area contributed by atoms with Gasteiger partial charge in [0.1, 0.15) is 12.4 Å². The van der Waals surface area contributed by atoms with Crippen LogP contribution in [0.1, 0.15) is 20.8 Å². The van der Waals surface area contributed by atoms with E-state index in [9.17, 15) is 0 Å². The molecule has 0 atom stereocenters. The van der Waals surface area contributed by atoms with Gasteiger partial charge in [0.15, 0.2) is 8.32 Å². The van der Waals surface area contributed by atoms with Crippen molar-refractivity contribution in [3.05, 3.63) is 12.3 Å². The zero-order valence-electron chi connectivity index (χ0n) is 11.9. The third kappa shape index (κ3) is 4.27. The largest absolute Gasteiger partial charge is 0.461 e. The molecule has 2 N–H and O–H groups in total. The summed E-state index contributed by atoms with van der Waals surface area (Å²) >= 11 is 0. The second kappa shape index (κ2) is 5.66. The number of nitrogens with zero attached hydrogens (tertiary/aromatic N) is 2. The second-order valence-electron chi connectivity index (χ2n) is 5.72. The molecular weight excluding hydrogens is 246 g/mol. The van der Waals surface area contributed by atoms with E-state index in [4.69, 9.17) is 14.9 Å². The number of hydrogen-bond acceptors (Lipinski definition) is 5. The summed E-state index contributed by atoms with van der Waals surface area (Å²) in [5.74, 6) is 0.408. The maximum Gasteiger partial charge on any atom is 0.318 e. The average Bonchev–Trinajstić information content (AvgIpc) is 2.23. The van der Waals surface area contributed by atoms with Crippen LogP contribution in [0.3, 0.4) is 0 Å². The van der Waals surface area contributed by atoms with Gasteiger partial charge in [0.25, 0.3) is 0 Å². The fourth-order valence-electron chi connectivity index (χ4n) is 1.07. The number of hydrogen-bond donors (Lipinski definition) is 1. The molecule has 1 aromatic rings. The zero-order chi connectivity index (χ0) is 13.8. The fourth-order valence-corrected chi connectivity index (χ4v) is 2.10. The third-order valence-corrected chi connectivity index (χ3v) is 7.78. The molecule has 1 aromatic heterocycles. The molecule has 5 nitrogen and oxygen atoms in total. The van der Waals surface area contributed by atoms with Crippen molar-refractivity contribution in [1.29, 1.82) is 0 Å². The van der Waals surface area contributed by atoms with Gasteiger partial charge in [-0.3, -0.25) is 0 Å². The lowest BCUT2D eigenvalue weighted by Crippen LogP contribution is -2.41. The summed E-state index contributed by atoms with van der Waals surface area (Å²) < 4.78 is 11.4. The molecule has 102 valence electrons. The number of ether oxygens (including phenoxy) is 1. The first-order chi connectivity index (χ1) is 8.22. The molecule has 0 saturated heterocycles. The van der Waals surface area contributed by atoms with E-state index in [2.05, 4.69) is 43.8 Å². The van der Waals surface area contributed by atoms with E-state index in [-0.39, 0.29) is 5.04 Å². The average molecular weight is 269 g/mol. The first-order valence-electron chi connectivity index (χ1n) is 6.08. The summed E-state index contributed by atoms with van der Waals surface area (Å²) in [6.07, 6.45) is 1.58. The van der Waals surface area contributed by atoms with E-state index in [0.717, 1.165) is 0 Å². The Kier molecular flexibility index (Phi) is 4.69. The van der Waals surface area contributed by atoms with Crippen molar-refractivity contribution in [2.75, 3.05) is 18.9 Å². The Labute approximate surface area is 110 Å². The highest BCUT2D eigenvalue weighted by Gasteiger charge is 2.36. The van der Waals surface area contributed by atoms with Crippen molar-refractivity contribution >= 4 is 14.1 Å². The normalized spacial score (nSPS) is 12.5. The summed E-state index contributed by atoms with van der Waals surface area (Å²) in [7, 11) is -1.70. The van der Waals surface area contributed by atoms with Gasteiger partial charge in [-0.05, 0) is 24.2 Å². The Morgan fingerprint density at radius 1 is 1.28 bits per heavy atom. The monoisotopic (exact) mass is 269 g/mol. The molecule has 0 aliphatic rings. The molecule has 0 bridgehead atoms. The van der Waals surface area contributed by atoms with Crippen molar-refractivity contribution in [1.82, 2.24) is 9.97 Å². The molecule has 1 heterocycles. The molecule has 6 heteroatoms. The Morgan fingerprint density at radius 3 is 2.50 bits per heavy atom. The number of nitrogen functional groups attached to an aromatic ring is 1. The van der Waals surface area contributed by atoms with E-state index in [1.54, 1.807) is 12.3 Å². The minimum absolute atomic E-state index is 0.209. The van der Waals surface area contributed by atoms with E-state index in [1.807, 2.05) is 0 Å². The van der Waals surface area contributed by atoms with Crippen molar-refractivity contribution in [3.8, 4) is 6.01 Å². The van der Waals surface area contributed by atoms with Crippen LogP contribution in [0.25, 0.3) is 0 Å². The summed E-state index contributed by atoms with van der Waals surface area (Å²) in [6.45, 7) is 12.0. The minimum atomic E-state index is -1.70. The quantitative estimate of drug-likeness (QED) is 0.657. The number of rotatable bonds is 5. The summed E-state index contributed by atoms with van der Waals surface area (Å²) in [4.78, 5) is 7.92. The van der Waals surface area contributed by atoms with E-state index < -0.39 is 8.32 Å². The van der Waals surface area contributed by atoms with E-state index in [0.29, 0.717) is 25.0 Å². The van der Waals surface area contributed by atoms with Gasteiger partial charge in [-0.25, -0.2) is 4.98 Å². The Balaban J connectivity index is 2.35. The summed E-state index contributed by atoms with van der Waals surface area (Å²) in [5, 5.41) is 0.209. The highest BCUT2D eigenvalue weighted by Crippen LogP contribution is 2.36. The van der Waals surface area contributed by atoms with Crippen LogP contribution in [-0.4, -0.2) is 31.5 Å². The van der Waals surface area contributed by atoms with Gasteiger partial charge in [-0.2, -0.15) is 4.98 Å². The van der Waals surface area contributed by atoms with Crippen LogP contribution in [0.2, 0.25) is 18.1 Å². The molecule has 0 unspecified atom stereocenters. The van der Waals surface area contributed by atoms with Gasteiger partial charge in [-0.15, -0.1) is 0 Å². The highest BCUT2D eigenvalue weighted by atomic mass is 28.4. The summed E-state index contributed by atoms with van der Waals surface area (Å²) in [5.41, 5.74) is 5.53. The van der Waals surface area contributed by atoms with Gasteiger partial charge in [0.2, 0.25) is 0 Å². The number of anilines is 1. The van der Waals surface area contributed by atoms with Gasteiger partial charge in [0, 0.05) is 6.20 Å². The molecular formula is C12H23N3O2Si. The van der Waals surface area contributed by atoms with Crippen LogP contribution in [0.5, 0.6) is 6.01 Å². The highest BCUT2D eigenvalue weighted by molar-refractivity contribution is 6.74. The third-order valence-electron chi connectivity index (χ3n) is 3.24. The molecule has 0 saturated carbocycles. The Morgan fingerprint density at radius 2 is 1.94 bits per heavy atom. The Hall–Kier alpha value is -1.14. The topological polar surface area (TPSA) is 70.3 Å². The molecule has 0 spiro atoms. The SMILES string of the molecule is CC(C)(C)[Si](C)(C)OCCOc1nccc(N)n1. The van der Waals surface area contributed by atoms with Gasteiger partial charge in [0.05, 0.1) is 6.61 Å². The lowest BCUT2D eigenvalue weighted by molar-refractivity contribution is 0.194. The lowest BCUT2D eigenvalue weighted by atomic mass is 10.2. The fraction of sp³-hybridized carbons (Fsp3) is 0.667. The second-order valence-corrected chi connectivity index (χ2v) is 10.5. The molecule has 0 aliphatic carbocycles. The van der Waals surface area contributed by atoms with Gasteiger partial charge in [-0.1, -0.05) is 20.8 Å². The van der Waals surface area contributed by atoms with Crippen LogP contribution < -0.4 is 10.5 Å². The minimum Gasteiger partial charge on any atom is -0.461 e. The molecule has 0 amide bonds. The molecule has 0 aliphatic heterocycles. The first kappa shape index (κ1) is 14.9. The molecule has 0 radical (unpaired) electrons. The van der Waals surface area contributed by atoms with Crippen LogP contribution in [0, 0.1) is 0 Å². The van der Waals surface area contributed by atoms with E-state index in [1.165, 1.54) is 0 Å². The van der Waals surface area contributed by atoms with E-state index >= 15 is 0 Å². The molecule has 1 rings (SSSR count). The van der Waals surface area contributed by atoms with Crippen LogP contribution in [0.15, 0.2) is 12.3 Å². The Bertz CT molecular complexity index is 391. The molecule has 18 heavy (non-hydrogen) atoms.